The second-order valence-corrected chi connectivity index (χ2v) is 33.4. The minimum Gasteiger partial charge on any atom is -0.291 e. The van der Waals surface area contributed by atoms with Crippen LogP contribution in [0.15, 0.2) is 424 Å². The molecule has 2 heterocycles. The lowest BCUT2D eigenvalue weighted by atomic mass is 9.70. The van der Waals surface area contributed by atoms with Crippen molar-refractivity contribution in [2.75, 3.05) is 19.6 Å². The number of hydrogen-bond acceptors (Lipinski definition) is 4. The van der Waals surface area contributed by atoms with E-state index in [4.69, 9.17) is 0 Å². The van der Waals surface area contributed by atoms with Gasteiger partial charge in [-0.1, -0.05) is 340 Å². The molecule has 0 saturated heterocycles. The Morgan fingerprint density at radius 1 is 0.119 bits per heavy atom. The monoisotopic (exact) mass is 1490 g/mol. The third-order valence-electron chi connectivity index (χ3n) is 28.7. The zero-order valence-electron chi connectivity index (χ0n) is 64.0. The van der Waals surface area contributed by atoms with E-state index in [0.717, 1.165) is 57.1 Å². The Morgan fingerprint density at radius 3 is 0.398 bits per heavy atom. The predicted octanol–water partition coefficient (Wildman–Crippen LogP) is 27.5. The van der Waals surface area contributed by atoms with Gasteiger partial charge < -0.3 is 0 Å². The minimum absolute atomic E-state index is 0.634. The van der Waals surface area contributed by atoms with Crippen molar-refractivity contribution in [3.8, 4) is 89.0 Å². The summed E-state index contributed by atoms with van der Waals surface area (Å²) in [4.78, 5) is 10.7. The fraction of sp³-hybridized carbons (Fsp3) is 0.0351. The van der Waals surface area contributed by atoms with Gasteiger partial charge in [-0.25, -0.2) is 0 Å². The molecule has 0 bridgehead atoms. The molecule has 4 nitrogen and oxygen atoms in total. The van der Waals surface area contributed by atoms with Gasteiger partial charge >= 0.3 is 0 Å². The second-order valence-electron chi connectivity index (χ2n) is 33.4. The van der Waals surface area contributed by atoms with E-state index in [0.29, 0.717) is 0 Å². The van der Waals surface area contributed by atoms with Gasteiger partial charge in [-0.2, -0.15) is 0 Å². The highest BCUT2D eigenvalue weighted by atomic mass is 15.5. The summed E-state index contributed by atoms with van der Waals surface area (Å²) in [6.07, 6.45) is 0. The molecule has 18 aromatic carbocycles. The second kappa shape index (κ2) is 22.5. The third-order valence-corrected chi connectivity index (χ3v) is 28.7. The van der Waals surface area contributed by atoms with Crippen molar-refractivity contribution >= 4 is 45.5 Å². The average Bonchev–Trinajstić information content (AvgIpc) is 1.52. The van der Waals surface area contributed by atoms with E-state index < -0.39 is 21.7 Å². The third kappa shape index (κ3) is 7.32. The van der Waals surface area contributed by atoms with Crippen molar-refractivity contribution in [1.82, 2.24) is 0 Å². The van der Waals surface area contributed by atoms with Crippen LogP contribution >= 0.6 is 0 Å². The Hall–Kier alpha value is -15.1. The smallest absolute Gasteiger partial charge is 0.166 e. The number of anilines is 8. The van der Waals surface area contributed by atoms with Crippen LogP contribution in [0.1, 0.15) is 89.0 Å². The van der Waals surface area contributed by atoms with Gasteiger partial charge in [-0.3, -0.25) is 19.6 Å². The molecule has 0 amide bonds. The zero-order chi connectivity index (χ0) is 76.6. The summed E-state index contributed by atoms with van der Waals surface area (Å²) in [6.45, 7) is 0. The molecule has 4 heteroatoms. The first kappa shape index (κ1) is 63.3. The Labute approximate surface area is 684 Å². The van der Waals surface area contributed by atoms with Gasteiger partial charge in [-0.15, -0.1) is 0 Å². The maximum Gasteiger partial charge on any atom is 0.166 e. The molecule has 18 aromatic rings. The number of fused-ring (bicyclic) bond motifs is 42. The molecule has 0 N–H and O–H groups in total. The van der Waals surface area contributed by atoms with Gasteiger partial charge in [-0.05, 0) is 251 Å². The molecule has 28 rings (SSSR count). The topological polar surface area (TPSA) is 13.0 Å². The van der Waals surface area contributed by atoms with Crippen molar-refractivity contribution in [2.24, 2.45) is 0 Å². The van der Waals surface area contributed by atoms with E-state index in [1.54, 1.807) is 0 Å². The van der Waals surface area contributed by atoms with E-state index in [1.165, 1.54) is 178 Å². The minimum atomic E-state index is -0.634. The van der Waals surface area contributed by atoms with Crippen molar-refractivity contribution in [2.45, 2.75) is 21.7 Å². The molecule has 8 aliphatic carbocycles. The Morgan fingerprint density at radius 2 is 0.246 bits per heavy atom. The molecular weight excluding hydrogens is 1430 g/mol. The molecule has 0 fully saturated rings. The van der Waals surface area contributed by atoms with E-state index in [2.05, 4.69) is 432 Å². The maximum absolute atomic E-state index is 2.67. The molecule has 0 atom stereocenters. The number of nitrogens with zero attached hydrogens (tertiary/aromatic N) is 4. The summed E-state index contributed by atoms with van der Waals surface area (Å²) in [5.74, 6) is 1.96. The van der Waals surface area contributed by atoms with Crippen LogP contribution in [0.3, 0.4) is 0 Å². The number of benzene rings is 18. The predicted molar refractivity (Wildman–Crippen MR) is 479 cm³/mol. The quantitative estimate of drug-likeness (QED) is 0.174. The zero-order valence-corrected chi connectivity index (χ0v) is 64.0. The molecule has 0 aromatic heterocycles. The Bertz CT molecular complexity index is 6510. The van der Waals surface area contributed by atoms with E-state index in [9.17, 15) is 0 Å². The Kier molecular flexibility index (Phi) is 12.1. The van der Waals surface area contributed by atoms with E-state index >= 15 is 0 Å². The molecule has 0 saturated carbocycles. The molecular formula is C114H68N4. The fourth-order valence-electron chi connectivity index (χ4n) is 24.7. The highest BCUT2D eigenvalue weighted by molar-refractivity contribution is 6.07. The molecule has 0 unspecified atom stereocenters. The maximum atomic E-state index is 2.67. The van der Waals surface area contributed by atoms with Gasteiger partial charge in [0.05, 0.1) is 44.4 Å². The lowest BCUT2D eigenvalue weighted by molar-refractivity contribution is 0.792. The van der Waals surface area contributed by atoms with Crippen LogP contribution in [0.25, 0.3) is 89.0 Å². The number of rotatable bonds is 4. The van der Waals surface area contributed by atoms with Gasteiger partial charge in [0.2, 0.25) is 0 Å². The molecule has 0 radical (unpaired) electrons. The highest BCUT2D eigenvalue weighted by Gasteiger charge is 2.58. The van der Waals surface area contributed by atoms with Gasteiger partial charge in [0.15, 0.2) is 11.6 Å². The van der Waals surface area contributed by atoms with E-state index in [1.807, 2.05) is 0 Å². The summed E-state index contributed by atoms with van der Waals surface area (Å²) in [6, 6.07) is 159. The van der Waals surface area contributed by atoms with Crippen LogP contribution in [0, 0.1) is 0 Å². The van der Waals surface area contributed by atoms with Crippen LogP contribution < -0.4 is 19.6 Å². The lowest BCUT2D eigenvalue weighted by Crippen LogP contribution is -2.34. The van der Waals surface area contributed by atoms with Gasteiger partial charge in [0.1, 0.15) is 0 Å². The summed E-state index contributed by atoms with van der Waals surface area (Å²) in [7, 11) is 0. The van der Waals surface area contributed by atoms with Crippen LogP contribution in [0.2, 0.25) is 0 Å². The number of hydrogen-bond donors (Lipinski definition) is 0. The fourth-order valence-corrected chi connectivity index (χ4v) is 24.7. The standard InChI is InChI=1S/C114H68N4/c1-13-41-89-73(29-1)74-30-2-14-42-90(74)111(89)97-49-21-9-37-81(97)85-61-57-69(65-101(85)111)115-105-53-25-26-54-106(105)116(70-58-62-86-82-38-10-22-50-98(82)112(102(86)66-70)91-43-15-3-31-75(91)76-32-4-16-44-92(76)112)109(115)110-117(71-59-63-87-83-39-11-23-51-99(83)113(103(87)67-71)93-45-17-5-33-77(93)78-34-6-18-46-94(78)113)107-55-27-28-56-108(107)118(110)72-60-64-88-84-40-12-24-52-100(84)114(104(88)68-72)95-47-19-7-35-79(95)80-36-8-20-48-96(80)114/h1-68H. The van der Waals surface area contributed by atoms with Crippen LogP contribution in [-0.4, -0.2) is 0 Å². The first-order chi connectivity index (χ1) is 58.6. The van der Waals surface area contributed by atoms with Crippen molar-refractivity contribution < 1.29 is 0 Å². The van der Waals surface area contributed by atoms with Gasteiger partial charge in [0, 0.05) is 22.7 Å². The number of para-hydroxylation sites is 4. The van der Waals surface area contributed by atoms with Crippen molar-refractivity contribution in [1.29, 1.82) is 0 Å². The van der Waals surface area contributed by atoms with Crippen LogP contribution in [0.5, 0.6) is 0 Å². The Balaban J connectivity index is 0.777. The van der Waals surface area contributed by atoms with Crippen molar-refractivity contribution in [3.05, 3.63) is 513 Å². The molecule has 544 valence electrons. The van der Waals surface area contributed by atoms with Crippen LogP contribution in [0.4, 0.5) is 45.5 Å². The first-order valence-corrected chi connectivity index (χ1v) is 41.5. The normalized spacial score (nSPS) is 15.8. The SMILES string of the molecule is c1ccc2c(c1)-c1ccccc1C21c2ccccc2-c2ccc(N3C(=C4N(c5ccc6c(c5)C5(c7ccccc7-c7ccccc75)c5ccccc5-6)c5ccccc5N4c4ccc5c(c4)C4(c6ccccc6-c6ccccc64)c4ccccc4-5)N(c4ccc5c(c4)C4(c6ccccc6-c6ccccc64)c4ccccc4-5)c4ccccc43)cc21. The summed E-state index contributed by atoms with van der Waals surface area (Å²) < 4.78 is 0. The molecule has 2 aliphatic heterocycles. The summed E-state index contributed by atoms with van der Waals surface area (Å²) in [5, 5.41) is 0. The largest absolute Gasteiger partial charge is 0.291 e. The van der Waals surface area contributed by atoms with E-state index in [-0.39, 0.29) is 0 Å². The first-order valence-electron chi connectivity index (χ1n) is 41.5. The van der Waals surface area contributed by atoms with Crippen LogP contribution in [-0.2, 0) is 21.7 Å². The summed E-state index contributed by atoms with van der Waals surface area (Å²) >= 11 is 0. The average molecular weight is 1490 g/mol. The van der Waals surface area contributed by atoms with Gasteiger partial charge in [0.25, 0.3) is 0 Å². The molecule has 4 spiro atoms. The molecule has 10 aliphatic rings. The highest BCUT2D eigenvalue weighted by Crippen LogP contribution is 2.71. The molecule has 118 heavy (non-hydrogen) atoms. The van der Waals surface area contributed by atoms with Crippen molar-refractivity contribution in [3.63, 3.8) is 0 Å². The summed E-state index contributed by atoms with van der Waals surface area (Å²) in [5.41, 5.74) is 46.9. The lowest BCUT2D eigenvalue weighted by Gasteiger charge is -2.36.